The van der Waals surface area contributed by atoms with Gasteiger partial charge < -0.3 is 15.6 Å². The van der Waals surface area contributed by atoms with Gasteiger partial charge in [0.1, 0.15) is 5.82 Å². The lowest BCUT2D eigenvalue weighted by molar-refractivity contribution is -0.121. The van der Waals surface area contributed by atoms with Crippen molar-refractivity contribution in [1.82, 2.24) is 14.9 Å². The molecule has 0 saturated carbocycles. The van der Waals surface area contributed by atoms with Crippen LogP contribution in [0.15, 0.2) is 42.7 Å². The molecule has 1 amide bonds. The van der Waals surface area contributed by atoms with Crippen molar-refractivity contribution in [2.24, 2.45) is 11.7 Å². The Morgan fingerprint density at radius 1 is 1.32 bits per heavy atom. The highest BCUT2D eigenvalue weighted by molar-refractivity contribution is 5.76. The lowest BCUT2D eigenvalue weighted by Gasteiger charge is -2.13. The quantitative estimate of drug-likeness (QED) is 0.823. The number of carbonyl (C=O) groups excluding carboxylic acids is 1. The molecular formula is C17H24N4O. The maximum Gasteiger partial charge on any atom is 0.222 e. The summed E-state index contributed by atoms with van der Waals surface area (Å²) in [6.07, 6.45) is 3.98. The molecule has 1 aromatic heterocycles. The molecule has 1 atom stereocenters. The van der Waals surface area contributed by atoms with Gasteiger partial charge in [0, 0.05) is 31.4 Å². The third-order valence-corrected chi connectivity index (χ3v) is 3.44. The van der Waals surface area contributed by atoms with E-state index in [1.165, 1.54) is 0 Å². The minimum atomic E-state index is -0.281. The fourth-order valence-corrected chi connectivity index (χ4v) is 2.33. The molecule has 0 saturated heterocycles. The van der Waals surface area contributed by atoms with Gasteiger partial charge in [-0.25, -0.2) is 4.98 Å². The number of nitrogens with one attached hydrogen (secondary N) is 1. The normalized spacial score (nSPS) is 12.4. The van der Waals surface area contributed by atoms with Crippen molar-refractivity contribution in [3.05, 3.63) is 54.1 Å². The summed E-state index contributed by atoms with van der Waals surface area (Å²) in [5.41, 5.74) is 7.03. The Balaban J connectivity index is 1.84. The molecule has 0 aliphatic rings. The van der Waals surface area contributed by atoms with Crippen LogP contribution < -0.4 is 11.1 Å². The molecule has 0 fully saturated rings. The van der Waals surface area contributed by atoms with E-state index in [0.29, 0.717) is 12.5 Å². The lowest BCUT2D eigenvalue weighted by atomic mass is 10.0. The Hall–Kier alpha value is -2.14. The van der Waals surface area contributed by atoms with Crippen molar-refractivity contribution >= 4 is 5.91 Å². The van der Waals surface area contributed by atoms with Crippen molar-refractivity contribution in [3.63, 3.8) is 0 Å². The van der Waals surface area contributed by atoms with E-state index < -0.39 is 0 Å². The Bertz CT molecular complexity index is 592. The number of nitrogens with two attached hydrogens (primary N) is 1. The third-order valence-electron chi connectivity index (χ3n) is 3.44. The Morgan fingerprint density at radius 2 is 2.05 bits per heavy atom. The van der Waals surface area contributed by atoms with E-state index in [9.17, 15) is 4.79 Å². The molecule has 0 spiro atoms. The van der Waals surface area contributed by atoms with E-state index in [-0.39, 0.29) is 18.4 Å². The number of hydrogen-bond donors (Lipinski definition) is 2. The smallest absolute Gasteiger partial charge is 0.222 e. The number of hydrogen-bond acceptors (Lipinski definition) is 3. The van der Waals surface area contributed by atoms with Crippen molar-refractivity contribution in [2.45, 2.75) is 39.4 Å². The summed E-state index contributed by atoms with van der Waals surface area (Å²) in [7, 11) is 0. The van der Waals surface area contributed by atoms with Crippen LogP contribution in [0, 0.1) is 5.92 Å². The Labute approximate surface area is 131 Å². The zero-order valence-corrected chi connectivity index (χ0v) is 13.2. The number of aromatic nitrogens is 2. The number of benzene rings is 1. The van der Waals surface area contributed by atoms with E-state index in [1.54, 1.807) is 6.20 Å². The molecule has 0 aliphatic heterocycles. The summed E-state index contributed by atoms with van der Waals surface area (Å²) in [6, 6.07) is 9.38. The molecule has 1 aromatic carbocycles. The number of rotatable bonds is 7. The minimum Gasteiger partial charge on any atom is -0.349 e. The molecular weight excluding hydrogens is 276 g/mol. The second-order valence-electron chi connectivity index (χ2n) is 5.89. The van der Waals surface area contributed by atoms with Gasteiger partial charge >= 0.3 is 0 Å². The minimum absolute atomic E-state index is 0.0598. The van der Waals surface area contributed by atoms with Crippen LogP contribution in [0.2, 0.25) is 0 Å². The highest BCUT2D eigenvalue weighted by atomic mass is 16.1. The predicted octanol–water partition coefficient (Wildman–Crippen LogP) is 2.25. The summed E-state index contributed by atoms with van der Waals surface area (Å²) >= 11 is 0. The molecule has 1 unspecified atom stereocenters. The molecule has 0 bridgehead atoms. The molecule has 3 N–H and O–H groups in total. The highest BCUT2D eigenvalue weighted by Gasteiger charge is 2.12. The summed E-state index contributed by atoms with van der Waals surface area (Å²) < 4.78 is 2.07. The van der Waals surface area contributed by atoms with Crippen molar-refractivity contribution in [3.8, 4) is 0 Å². The van der Waals surface area contributed by atoms with Crippen molar-refractivity contribution in [1.29, 1.82) is 0 Å². The average Bonchev–Trinajstić information content (AvgIpc) is 2.92. The number of carbonyl (C=O) groups is 1. The maximum absolute atomic E-state index is 12.0. The third kappa shape index (κ3) is 4.70. The monoisotopic (exact) mass is 300 g/mol. The number of amides is 1. The van der Waals surface area contributed by atoms with E-state index in [1.807, 2.05) is 36.5 Å². The second kappa shape index (κ2) is 7.75. The van der Waals surface area contributed by atoms with Gasteiger partial charge in [-0.3, -0.25) is 4.79 Å². The van der Waals surface area contributed by atoms with Crippen LogP contribution in [0.1, 0.15) is 37.7 Å². The highest BCUT2D eigenvalue weighted by Crippen LogP contribution is 2.13. The van der Waals surface area contributed by atoms with E-state index >= 15 is 0 Å². The number of nitrogens with zero attached hydrogens (tertiary/aromatic N) is 2. The largest absolute Gasteiger partial charge is 0.349 e. The summed E-state index contributed by atoms with van der Waals surface area (Å²) in [6.45, 7) is 5.64. The SMILES string of the molecule is CC(C)Cn1ccnc1CNC(=O)CC(N)c1ccccc1. The van der Waals surface area contributed by atoms with Gasteiger partial charge in [-0.2, -0.15) is 0 Å². The van der Waals surface area contributed by atoms with E-state index in [2.05, 4.69) is 28.7 Å². The van der Waals surface area contributed by atoms with E-state index in [0.717, 1.165) is 17.9 Å². The topological polar surface area (TPSA) is 72.9 Å². The van der Waals surface area contributed by atoms with Crippen LogP contribution in [0.3, 0.4) is 0 Å². The van der Waals surface area contributed by atoms with Gasteiger partial charge in [0.05, 0.1) is 6.54 Å². The van der Waals surface area contributed by atoms with Gasteiger partial charge in [-0.05, 0) is 11.5 Å². The zero-order chi connectivity index (χ0) is 15.9. The molecule has 0 radical (unpaired) electrons. The lowest BCUT2D eigenvalue weighted by Crippen LogP contribution is -2.28. The Morgan fingerprint density at radius 3 is 2.73 bits per heavy atom. The average molecular weight is 300 g/mol. The molecule has 5 heteroatoms. The first kappa shape index (κ1) is 16.2. The molecule has 5 nitrogen and oxygen atoms in total. The Kier molecular flexibility index (Phi) is 5.72. The summed E-state index contributed by atoms with van der Waals surface area (Å²) in [5, 5.41) is 2.90. The molecule has 118 valence electrons. The fraction of sp³-hybridized carbons (Fsp3) is 0.412. The van der Waals surface area contributed by atoms with Crippen LogP contribution >= 0.6 is 0 Å². The zero-order valence-electron chi connectivity index (χ0n) is 13.2. The van der Waals surface area contributed by atoms with Gasteiger partial charge in [0.2, 0.25) is 5.91 Å². The number of imidazole rings is 1. The summed E-state index contributed by atoms with van der Waals surface area (Å²) in [5.74, 6) is 1.35. The first-order valence-corrected chi connectivity index (χ1v) is 7.63. The first-order valence-electron chi connectivity index (χ1n) is 7.63. The second-order valence-corrected chi connectivity index (χ2v) is 5.89. The van der Waals surface area contributed by atoms with E-state index in [4.69, 9.17) is 5.73 Å². The summed E-state index contributed by atoms with van der Waals surface area (Å²) in [4.78, 5) is 16.3. The van der Waals surface area contributed by atoms with Gasteiger partial charge in [0.15, 0.2) is 0 Å². The molecule has 22 heavy (non-hydrogen) atoms. The standard InChI is InChI=1S/C17H24N4O/c1-13(2)12-21-9-8-19-16(21)11-20-17(22)10-15(18)14-6-4-3-5-7-14/h3-9,13,15H,10-12,18H2,1-2H3,(H,20,22). The predicted molar refractivity (Wildman–Crippen MR) is 86.9 cm³/mol. The first-order chi connectivity index (χ1) is 10.6. The molecule has 2 rings (SSSR count). The van der Waals surface area contributed by atoms with Gasteiger partial charge in [0.25, 0.3) is 0 Å². The van der Waals surface area contributed by atoms with Gasteiger partial charge in [-0.15, -0.1) is 0 Å². The fourth-order valence-electron chi connectivity index (χ4n) is 2.33. The van der Waals surface area contributed by atoms with Crippen LogP contribution in [-0.2, 0) is 17.9 Å². The maximum atomic E-state index is 12.0. The van der Waals surface area contributed by atoms with Crippen molar-refractivity contribution in [2.75, 3.05) is 0 Å². The molecule has 0 aliphatic carbocycles. The molecule has 2 aromatic rings. The van der Waals surface area contributed by atoms with Crippen molar-refractivity contribution < 1.29 is 4.79 Å². The van der Waals surface area contributed by atoms with Crippen LogP contribution in [0.4, 0.5) is 0 Å². The van der Waals surface area contributed by atoms with Crippen LogP contribution in [-0.4, -0.2) is 15.5 Å². The van der Waals surface area contributed by atoms with Crippen LogP contribution in [0.5, 0.6) is 0 Å². The molecule has 1 heterocycles. The van der Waals surface area contributed by atoms with Crippen LogP contribution in [0.25, 0.3) is 0 Å². The van der Waals surface area contributed by atoms with Gasteiger partial charge in [-0.1, -0.05) is 44.2 Å².